The van der Waals surface area contributed by atoms with Gasteiger partial charge in [-0.3, -0.25) is 9.59 Å². The molecule has 2 amide bonds. The number of hydrogen-bond acceptors (Lipinski definition) is 3. The van der Waals surface area contributed by atoms with Crippen molar-refractivity contribution in [1.82, 2.24) is 0 Å². The molecule has 4 rings (SSSR count). The second-order valence-electron chi connectivity index (χ2n) is 8.12. The largest absolute Gasteiger partial charge is 0.457 e. The van der Waals surface area contributed by atoms with Crippen LogP contribution in [0.1, 0.15) is 23.1 Å². The van der Waals surface area contributed by atoms with Gasteiger partial charge < -0.3 is 15.0 Å². The fourth-order valence-electron chi connectivity index (χ4n) is 3.72. The van der Waals surface area contributed by atoms with Crippen molar-refractivity contribution in [2.75, 3.05) is 16.8 Å². The third-order valence-electron chi connectivity index (χ3n) is 5.53. The van der Waals surface area contributed by atoms with E-state index >= 15 is 0 Å². The third-order valence-corrected chi connectivity index (χ3v) is 5.53. The molecule has 1 N–H and O–H groups in total. The van der Waals surface area contributed by atoms with E-state index in [1.807, 2.05) is 75.4 Å². The summed E-state index contributed by atoms with van der Waals surface area (Å²) in [4.78, 5) is 27.1. The Kier molecular flexibility index (Phi) is 5.76. The van der Waals surface area contributed by atoms with Crippen molar-refractivity contribution in [3.8, 4) is 11.5 Å². The first kappa shape index (κ1) is 20.7. The Labute approximate surface area is 182 Å². The van der Waals surface area contributed by atoms with Gasteiger partial charge in [-0.1, -0.05) is 29.8 Å². The Hall–Kier alpha value is -3.60. The van der Waals surface area contributed by atoms with Gasteiger partial charge in [0, 0.05) is 24.3 Å². The molecule has 0 aliphatic carbocycles. The summed E-state index contributed by atoms with van der Waals surface area (Å²) in [6, 6.07) is 21.1. The van der Waals surface area contributed by atoms with Gasteiger partial charge in [0.05, 0.1) is 5.92 Å². The van der Waals surface area contributed by atoms with E-state index in [0.29, 0.717) is 18.0 Å². The first-order valence-electron chi connectivity index (χ1n) is 10.4. The zero-order valence-electron chi connectivity index (χ0n) is 18.0. The highest BCUT2D eigenvalue weighted by molar-refractivity contribution is 6.03. The van der Waals surface area contributed by atoms with Crippen LogP contribution in [0.2, 0.25) is 0 Å². The Balaban J connectivity index is 1.38. The summed E-state index contributed by atoms with van der Waals surface area (Å²) in [7, 11) is 0. The summed E-state index contributed by atoms with van der Waals surface area (Å²) < 4.78 is 5.83. The quantitative estimate of drug-likeness (QED) is 0.608. The Morgan fingerprint density at radius 2 is 1.52 bits per heavy atom. The molecular weight excluding hydrogens is 388 g/mol. The lowest BCUT2D eigenvalue weighted by Crippen LogP contribution is -2.28. The van der Waals surface area contributed by atoms with Crippen molar-refractivity contribution in [1.29, 1.82) is 0 Å². The number of aryl methyl sites for hydroxylation is 3. The predicted molar refractivity (Wildman–Crippen MR) is 123 cm³/mol. The second kappa shape index (κ2) is 8.64. The number of ether oxygens (including phenoxy) is 1. The van der Waals surface area contributed by atoms with Gasteiger partial charge in [0.25, 0.3) is 0 Å². The summed E-state index contributed by atoms with van der Waals surface area (Å²) >= 11 is 0. The first-order chi connectivity index (χ1) is 14.9. The fourth-order valence-corrected chi connectivity index (χ4v) is 3.72. The number of nitrogens with zero attached hydrogens (tertiary/aromatic N) is 1. The molecular formula is C26H26N2O3. The van der Waals surface area contributed by atoms with Crippen molar-refractivity contribution < 1.29 is 14.3 Å². The monoisotopic (exact) mass is 414 g/mol. The van der Waals surface area contributed by atoms with E-state index in [0.717, 1.165) is 22.6 Å². The molecule has 0 bridgehead atoms. The molecule has 0 saturated carbocycles. The molecule has 1 atom stereocenters. The third kappa shape index (κ3) is 4.77. The van der Waals surface area contributed by atoms with Gasteiger partial charge in [0.2, 0.25) is 11.8 Å². The molecule has 5 heteroatoms. The summed E-state index contributed by atoms with van der Waals surface area (Å²) in [5.74, 6) is 0.914. The van der Waals surface area contributed by atoms with Gasteiger partial charge in [-0.15, -0.1) is 0 Å². The molecule has 0 spiro atoms. The lowest BCUT2D eigenvalue weighted by atomic mass is 10.1. The van der Waals surface area contributed by atoms with Crippen LogP contribution in [0.25, 0.3) is 0 Å². The molecule has 1 aliphatic rings. The van der Waals surface area contributed by atoms with Crippen molar-refractivity contribution in [3.63, 3.8) is 0 Å². The number of hydrogen-bond donors (Lipinski definition) is 1. The van der Waals surface area contributed by atoms with Gasteiger partial charge in [-0.25, -0.2) is 0 Å². The van der Waals surface area contributed by atoms with E-state index in [-0.39, 0.29) is 24.2 Å². The first-order valence-corrected chi connectivity index (χ1v) is 10.4. The van der Waals surface area contributed by atoms with Crippen LogP contribution in [0.3, 0.4) is 0 Å². The second-order valence-corrected chi connectivity index (χ2v) is 8.12. The van der Waals surface area contributed by atoms with Crippen LogP contribution < -0.4 is 15.0 Å². The van der Waals surface area contributed by atoms with E-state index in [1.165, 1.54) is 5.56 Å². The molecule has 3 aromatic carbocycles. The predicted octanol–water partition coefficient (Wildman–Crippen LogP) is 5.40. The smallest absolute Gasteiger partial charge is 0.229 e. The standard InChI is InChI=1S/C26H26N2O3/c1-17-5-10-22(11-6-17)31-23-12-8-21(9-13-23)27-26(30)20-15-25(29)28(16-20)24-14-18(2)4-7-19(24)3/h4-14,20H,15-16H2,1-3H3,(H,27,30)/t20-/m0/s1. The number of nitrogens with one attached hydrogen (secondary N) is 1. The number of rotatable bonds is 5. The molecule has 31 heavy (non-hydrogen) atoms. The van der Waals surface area contributed by atoms with Gasteiger partial charge in [-0.2, -0.15) is 0 Å². The number of carbonyl (C=O) groups excluding carboxylic acids is 2. The highest BCUT2D eigenvalue weighted by atomic mass is 16.5. The van der Waals surface area contributed by atoms with Gasteiger partial charge >= 0.3 is 0 Å². The summed E-state index contributed by atoms with van der Waals surface area (Å²) in [5, 5.41) is 2.93. The van der Waals surface area contributed by atoms with Crippen LogP contribution in [-0.4, -0.2) is 18.4 Å². The molecule has 5 nitrogen and oxygen atoms in total. The van der Waals surface area contributed by atoms with Crippen LogP contribution in [0, 0.1) is 26.7 Å². The van der Waals surface area contributed by atoms with Crippen LogP contribution in [0.4, 0.5) is 11.4 Å². The number of anilines is 2. The topological polar surface area (TPSA) is 58.6 Å². The van der Waals surface area contributed by atoms with Crippen molar-refractivity contribution in [2.24, 2.45) is 5.92 Å². The molecule has 0 aromatic heterocycles. The Morgan fingerprint density at radius 1 is 0.903 bits per heavy atom. The van der Waals surface area contributed by atoms with Gasteiger partial charge in [0.15, 0.2) is 0 Å². The minimum atomic E-state index is -0.379. The average molecular weight is 415 g/mol. The zero-order chi connectivity index (χ0) is 22.0. The molecule has 3 aromatic rings. The Morgan fingerprint density at radius 3 is 2.19 bits per heavy atom. The Bertz CT molecular complexity index is 1100. The molecule has 1 saturated heterocycles. The highest BCUT2D eigenvalue weighted by Crippen LogP contribution is 2.30. The minimum absolute atomic E-state index is 0.0179. The van der Waals surface area contributed by atoms with E-state index in [1.54, 1.807) is 17.0 Å². The average Bonchev–Trinajstić information content (AvgIpc) is 3.14. The summed E-state index contributed by atoms with van der Waals surface area (Å²) in [6.07, 6.45) is 0.216. The molecule has 158 valence electrons. The lowest BCUT2D eigenvalue weighted by molar-refractivity contribution is -0.122. The minimum Gasteiger partial charge on any atom is -0.457 e. The van der Waals surface area contributed by atoms with Crippen LogP contribution >= 0.6 is 0 Å². The zero-order valence-corrected chi connectivity index (χ0v) is 18.0. The number of benzene rings is 3. The van der Waals surface area contributed by atoms with E-state index < -0.39 is 0 Å². The SMILES string of the molecule is Cc1ccc(Oc2ccc(NC(=O)[C@H]3CC(=O)N(c4cc(C)ccc4C)C3)cc2)cc1. The van der Waals surface area contributed by atoms with E-state index in [4.69, 9.17) is 4.74 Å². The summed E-state index contributed by atoms with van der Waals surface area (Å²) in [5.41, 5.74) is 4.86. The van der Waals surface area contributed by atoms with Crippen molar-refractivity contribution >= 4 is 23.2 Å². The van der Waals surface area contributed by atoms with Crippen molar-refractivity contribution in [2.45, 2.75) is 27.2 Å². The lowest BCUT2D eigenvalue weighted by Gasteiger charge is -2.19. The fraction of sp³-hybridized carbons (Fsp3) is 0.231. The molecule has 0 unspecified atom stereocenters. The molecule has 1 fully saturated rings. The van der Waals surface area contributed by atoms with Gasteiger partial charge in [-0.05, 0) is 74.4 Å². The number of amides is 2. The molecule has 1 heterocycles. The normalized spacial score (nSPS) is 15.8. The van der Waals surface area contributed by atoms with E-state index in [2.05, 4.69) is 5.32 Å². The van der Waals surface area contributed by atoms with Crippen LogP contribution in [-0.2, 0) is 9.59 Å². The molecule has 0 radical (unpaired) electrons. The summed E-state index contributed by atoms with van der Waals surface area (Å²) in [6.45, 7) is 6.40. The maximum atomic E-state index is 12.8. The van der Waals surface area contributed by atoms with E-state index in [9.17, 15) is 9.59 Å². The maximum Gasteiger partial charge on any atom is 0.229 e. The van der Waals surface area contributed by atoms with Gasteiger partial charge in [0.1, 0.15) is 11.5 Å². The highest BCUT2D eigenvalue weighted by Gasteiger charge is 2.35. The van der Waals surface area contributed by atoms with Crippen LogP contribution in [0.5, 0.6) is 11.5 Å². The van der Waals surface area contributed by atoms with Crippen molar-refractivity contribution in [3.05, 3.63) is 83.4 Å². The maximum absolute atomic E-state index is 12.8. The van der Waals surface area contributed by atoms with Crippen LogP contribution in [0.15, 0.2) is 66.7 Å². The number of carbonyl (C=O) groups is 2. The molecule has 1 aliphatic heterocycles.